The van der Waals surface area contributed by atoms with Gasteiger partial charge in [0, 0.05) is 11.1 Å². The third kappa shape index (κ3) is 3.26. The molecule has 0 aliphatic carbocycles. The zero-order valence-electron chi connectivity index (χ0n) is 13.0. The van der Waals surface area contributed by atoms with Crippen molar-refractivity contribution in [1.29, 1.82) is 0 Å². The second-order valence-electron chi connectivity index (χ2n) is 5.63. The van der Waals surface area contributed by atoms with Gasteiger partial charge in [0.15, 0.2) is 0 Å². The fraction of sp³-hybridized carbons (Fsp3) is 0.667. The van der Waals surface area contributed by atoms with Crippen LogP contribution in [0, 0.1) is 12.8 Å². The lowest BCUT2D eigenvalue weighted by Crippen LogP contribution is -2.64. The summed E-state index contributed by atoms with van der Waals surface area (Å²) in [6.07, 6.45) is 3.29. The standard InChI is InChI=1S/C15H23N3O2S/c1-5-9(3)13-15(20)18(11(6-2)14(19)17-13)8-12-16-7-10(4)21-12/h7,9,11,13H,5-6,8H2,1-4H3,(H,17,19). The van der Waals surface area contributed by atoms with Crippen LogP contribution in [0.2, 0.25) is 0 Å². The molecular weight excluding hydrogens is 286 g/mol. The van der Waals surface area contributed by atoms with Crippen molar-refractivity contribution in [2.75, 3.05) is 0 Å². The lowest BCUT2D eigenvalue weighted by molar-refractivity contribution is -0.151. The summed E-state index contributed by atoms with van der Waals surface area (Å²) in [4.78, 5) is 32.2. The number of piperazine rings is 1. The van der Waals surface area contributed by atoms with Crippen molar-refractivity contribution in [2.24, 2.45) is 5.92 Å². The first kappa shape index (κ1) is 15.9. The van der Waals surface area contributed by atoms with Gasteiger partial charge in [-0.25, -0.2) is 4.98 Å². The summed E-state index contributed by atoms with van der Waals surface area (Å²) in [7, 11) is 0. The Morgan fingerprint density at radius 2 is 2.14 bits per heavy atom. The molecule has 1 fully saturated rings. The number of carbonyl (C=O) groups is 2. The molecule has 0 saturated carbocycles. The molecule has 3 atom stereocenters. The first-order valence-electron chi connectivity index (χ1n) is 7.50. The van der Waals surface area contributed by atoms with Gasteiger partial charge < -0.3 is 10.2 Å². The monoisotopic (exact) mass is 309 g/mol. The van der Waals surface area contributed by atoms with E-state index in [0.29, 0.717) is 13.0 Å². The average Bonchev–Trinajstić information content (AvgIpc) is 2.87. The summed E-state index contributed by atoms with van der Waals surface area (Å²) >= 11 is 1.58. The van der Waals surface area contributed by atoms with E-state index >= 15 is 0 Å². The number of aromatic nitrogens is 1. The second-order valence-corrected chi connectivity index (χ2v) is 6.95. The molecule has 1 N–H and O–H groups in total. The molecule has 116 valence electrons. The lowest BCUT2D eigenvalue weighted by atomic mass is 9.93. The Labute approximate surface area is 129 Å². The van der Waals surface area contributed by atoms with Crippen LogP contribution >= 0.6 is 11.3 Å². The summed E-state index contributed by atoms with van der Waals surface area (Å²) in [5.41, 5.74) is 0. The van der Waals surface area contributed by atoms with Crippen molar-refractivity contribution in [2.45, 2.75) is 59.2 Å². The predicted octanol–water partition coefficient (Wildman–Crippen LogP) is 2.10. The van der Waals surface area contributed by atoms with E-state index in [9.17, 15) is 9.59 Å². The van der Waals surface area contributed by atoms with Crippen LogP contribution in [-0.2, 0) is 16.1 Å². The van der Waals surface area contributed by atoms with Gasteiger partial charge in [-0.05, 0) is 19.3 Å². The summed E-state index contributed by atoms with van der Waals surface area (Å²) in [5, 5.41) is 3.78. The van der Waals surface area contributed by atoms with Crippen LogP contribution in [0.3, 0.4) is 0 Å². The number of carbonyl (C=O) groups excluding carboxylic acids is 2. The minimum Gasteiger partial charge on any atom is -0.342 e. The average molecular weight is 309 g/mol. The van der Waals surface area contributed by atoms with E-state index in [2.05, 4.69) is 10.3 Å². The minimum atomic E-state index is -0.411. The van der Waals surface area contributed by atoms with E-state index in [1.165, 1.54) is 0 Å². The van der Waals surface area contributed by atoms with E-state index in [1.807, 2.05) is 33.9 Å². The fourth-order valence-corrected chi connectivity index (χ4v) is 3.41. The highest BCUT2D eigenvalue weighted by Gasteiger charge is 2.41. The molecule has 5 nitrogen and oxygen atoms in total. The Kier molecular flexibility index (Phi) is 4.98. The largest absolute Gasteiger partial charge is 0.342 e. The van der Waals surface area contributed by atoms with Crippen LogP contribution in [0.4, 0.5) is 0 Å². The second kappa shape index (κ2) is 6.56. The zero-order chi connectivity index (χ0) is 15.6. The first-order valence-corrected chi connectivity index (χ1v) is 8.31. The van der Waals surface area contributed by atoms with Crippen molar-refractivity contribution in [3.63, 3.8) is 0 Å². The van der Waals surface area contributed by atoms with Gasteiger partial charge in [-0.3, -0.25) is 9.59 Å². The van der Waals surface area contributed by atoms with E-state index in [1.54, 1.807) is 16.2 Å². The molecule has 1 aromatic heterocycles. The molecule has 0 spiro atoms. The zero-order valence-corrected chi connectivity index (χ0v) is 13.9. The third-order valence-corrected chi connectivity index (χ3v) is 5.00. The van der Waals surface area contributed by atoms with Gasteiger partial charge in [-0.2, -0.15) is 0 Å². The molecule has 1 aliphatic heterocycles. The summed E-state index contributed by atoms with van der Waals surface area (Å²) in [6, 6.07) is -0.798. The van der Waals surface area contributed by atoms with Crippen LogP contribution in [0.15, 0.2) is 6.20 Å². The number of nitrogens with one attached hydrogen (secondary N) is 1. The van der Waals surface area contributed by atoms with Gasteiger partial charge in [0.25, 0.3) is 0 Å². The molecule has 21 heavy (non-hydrogen) atoms. The quantitative estimate of drug-likeness (QED) is 0.906. The van der Waals surface area contributed by atoms with Gasteiger partial charge in [0.05, 0.1) is 6.54 Å². The summed E-state index contributed by atoms with van der Waals surface area (Å²) in [6.45, 7) is 8.38. The molecule has 0 aromatic carbocycles. The van der Waals surface area contributed by atoms with Gasteiger partial charge in [-0.15, -0.1) is 11.3 Å². The number of hydrogen-bond acceptors (Lipinski definition) is 4. The van der Waals surface area contributed by atoms with E-state index in [0.717, 1.165) is 16.3 Å². The normalized spacial score (nSPS) is 24.1. The number of rotatable bonds is 5. The molecule has 2 rings (SSSR count). The Bertz CT molecular complexity index is 529. The maximum absolute atomic E-state index is 12.7. The molecule has 1 aliphatic rings. The number of amides is 2. The highest BCUT2D eigenvalue weighted by Crippen LogP contribution is 2.23. The number of thiazole rings is 1. The van der Waals surface area contributed by atoms with Crippen LogP contribution in [0.25, 0.3) is 0 Å². The topological polar surface area (TPSA) is 62.3 Å². The Balaban J connectivity index is 2.24. The summed E-state index contributed by atoms with van der Waals surface area (Å²) in [5.74, 6) is 0.110. The third-order valence-electron chi connectivity index (χ3n) is 4.10. The molecule has 0 bridgehead atoms. The van der Waals surface area contributed by atoms with Crippen LogP contribution in [-0.4, -0.2) is 33.8 Å². The minimum absolute atomic E-state index is 0.0173. The fourth-order valence-electron chi connectivity index (χ4n) is 2.62. The highest BCUT2D eigenvalue weighted by molar-refractivity contribution is 7.11. The first-order chi connectivity index (χ1) is 9.97. The van der Waals surface area contributed by atoms with Crippen molar-refractivity contribution < 1.29 is 9.59 Å². The lowest BCUT2D eigenvalue weighted by Gasteiger charge is -2.40. The molecule has 3 unspecified atom stereocenters. The number of hydrogen-bond donors (Lipinski definition) is 1. The molecule has 2 amide bonds. The maximum Gasteiger partial charge on any atom is 0.246 e. The van der Waals surface area contributed by atoms with Gasteiger partial charge >= 0.3 is 0 Å². The van der Waals surface area contributed by atoms with Gasteiger partial charge in [-0.1, -0.05) is 27.2 Å². The molecular formula is C15H23N3O2S. The maximum atomic E-state index is 12.7. The van der Waals surface area contributed by atoms with E-state index < -0.39 is 6.04 Å². The molecule has 6 heteroatoms. The highest BCUT2D eigenvalue weighted by atomic mass is 32.1. The van der Waals surface area contributed by atoms with Crippen molar-refractivity contribution in [3.05, 3.63) is 16.1 Å². The Morgan fingerprint density at radius 1 is 1.43 bits per heavy atom. The van der Waals surface area contributed by atoms with Crippen LogP contribution in [0.5, 0.6) is 0 Å². The van der Waals surface area contributed by atoms with Crippen LogP contribution < -0.4 is 5.32 Å². The van der Waals surface area contributed by atoms with Gasteiger partial charge in [0.1, 0.15) is 17.1 Å². The van der Waals surface area contributed by atoms with Crippen molar-refractivity contribution in [1.82, 2.24) is 15.2 Å². The van der Waals surface area contributed by atoms with Crippen molar-refractivity contribution >= 4 is 23.2 Å². The van der Waals surface area contributed by atoms with Crippen molar-refractivity contribution in [3.8, 4) is 0 Å². The van der Waals surface area contributed by atoms with Gasteiger partial charge in [0.2, 0.25) is 11.8 Å². The van der Waals surface area contributed by atoms with Crippen LogP contribution in [0.1, 0.15) is 43.5 Å². The molecule has 2 heterocycles. The van der Waals surface area contributed by atoms with E-state index in [4.69, 9.17) is 0 Å². The summed E-state index contributed by atoms with van der Waals surface area (Å²) < 4.78 is 0. The molecule has 1 aromatic rings. The smallest absolute Gasteiger partial charge is 0.246 e. The molecule has 0 radical (unpaired) electrons. The number of aryl methyl sites for hydroxylation is 1. The molecule has 1 saturated heterocycles. The predicted molar refractivity (Wildman–Crippen MR) is 82.9 cm³/mol. The Morgan fingerprint density at radius 3 is 2.67 bits per heavy atom. The SMILES string of the molecule is CCC(C)C1NC(=O)C(CC)N(Cc2ncc(C)s2)C1=O. The van der Waals surface area contributed by atoms with E-state index in [-0.39, 0.29) is 23.8 Å². The Hall–Kier alpha value is -1.43. The number of nitrogens with zero attached hydrogens (tertiary/aromatic N) is 2.